The van der Waals surface area contributed by atoms with Crippen molar-refractivity contribution < 1.29 is 9.59 Å². The van der Waals surface area contributed by atoms with Crippen molar-refractivity contribution in [3.63, 3.8) is 0 Å². The fraction of sp³-hybridized carbons (Fsp3) is 0.818. The van der Waals surface area contributed by atoms with Crippen molar-refractivity contribution in [1.82, 2.24) is 0 Å². The van der Waals surface area contributed by atoms with Gasteiger partial charge in [-0.25, -0.2) is 0 Å². The summed E-state index contributed by atoms with van der Waals surface area (Å²) in [7, 11) is 0. The number of carbonyl (C=O) groups excluding carboxylic acids is 2. The normalized spacial score (nSPS) is 43.4. The van der Waals surface area contributed by atoms with Crippen molar-refractivity contribution in [2.24, 2.45) is 46.3 Å². The molecule has 0 saturated heterocycles. The van der Waals surface area contributed by atoms with Crippen LogP contribution in [0.15, 0.2) is 12.2 Å². The Morgan fingerprint density at radius 1 is 1.00 bits per heavy atom. The molecule has 6 fully saturated rings. The van der Waals surface area contributed by atoms with Gasteiger partial charge in [0, 0.05) is 12.3 Å². The van der Waals surface area contributed by atoms with Gasteiger partial charge in [0.2, 0.25) is 0 Å². The largest absolute Gasteiger partial charge is 0.303 e. The van der Waals surface area contributed by atoms with Crippen LogP contribution in [-0.4, -0.2) is 12.6 Å². The van der Waals surface area contributed by atoms with Gasteiger partial charge in [-0.3, -0.25) is 0 Å². The number of aldehydes is 2. The van der Waals surface area contributed by atoms with Gasteiger partial charge in [-0.15, -0.1) is 0 Å². The molecular weight excluding hydrogens is 296 g/mol. The molecule has 2 heteroatoms. The van der Waals surface area contributed by atoms with Crippen molar-refractivity contribution in [3.05, 3.63) is 12.2 Å². The number of allylic oxidation sites excluding steroid dienone is 1. The van der Waals surface area contributed by atoms with Gasteiger partial charge in [-0.05, 0) is 72.5 Å². The molecule has 4 bridgehead atoms. The number of hydrogen-bond acceptors (Lipinski definition) is 2. The predicted octanol–water partition coefficient (Wildman–Crippen LogP) is 5.07. The molecule has 0 amide bonds. The van der Waals surface area contributed by atoms with E-state index >= 15 is 0 Å². The third kappa shape index (κ3) is 2.61. The van der Waals surface area contributed by atoms with Crippen LogP contribution in [-0.2, 0) is 9.59 Å². The fourth-order valence-corrected chi connectivity index (χ4v) is 6.27. The molecule has 24 heavy (non-hydrogen) atoms. The van der Waals surface area contributed by atoms with E-state index in [4.69, 9.17) is 0 Å². The maximum atomic E-state index is 10.7. The Labute approximate surface area is 147 Å². The van der Waals surface area contributed by atoms with Gasteiger partial charge in [-0.2, -0.15) is 0 Å². The van der Waals surface area contributed by atoms with Crippen molar-refractivity contribution >= 4 is 12.6 Å². The minimum Gasteiger partial charge on any atom is -0.303 e. The molecule has 6 atom stereocenters. The molecule has 2 nitrogen and oxygen atoms in total. The van der Waals surface area contributed by atoms with Crippen LogP contribution in [0.2, 0.25) is 0 Å². The summed E-state index contributed by atoms with van der Waals surface area (Å²) in [5.74, 6) is 4.07. The Hall–Kier alpha value is -0.920. The standard InChI is InChI=1S/C11H16O.C11H18O/c1-7-8(6-12)4-9-5-10(7)11(9,2)3;1-11(2)9-4-3-8(5-6-12)10(11)7-9/h6,8-10H,1,4-5H2,2-3H3;6,8-10H,3-5,7H2,1-2H3/t2*8?,9-,10-/m11/s1. The van der Waals surface area contributed by atoms with Crippen LogP contribution in [0, 0.1) is 46.3 Å². The van der Waals surface area contributed by atoms with Gasteiger partial charge in [0.05, 0.1) is 0 Å². The lowest BCUT2D eigenvalue weighted by atomic mass is 9.45. The quantitative estimate of drug-likeness (QED) is 0.535. The summed E-state index contributed by atoms with van der Waals surface area (Å²) in [5, 5.41) is 0. The molecule has 0 radical (unpaired) electrons. The zero-order chi connectivity index (χ0) is 17.7. The van der Waals surface area contributed by atoms with Crippen LogP contribution in [0.1, 0.15) is 66.2 Å². The lowest BCUT2D eigenvalue weighted by Crippen LogP contribution is -2.52. The van der Waals surface area contributed by atoms with Gasteiger partial charge in [0.25, 0.3) is 0 Å². The lowest BCUT2D eigenvalue weighted by molar-refractivity contribution is -0.122. The molecule has 0 spiro atoms. The van der Waals surface area contributed by atoms with Crippen LogP contribution in [0.25, 0.3) is 0 Å². The highest BCUT2D eigenvalue weighted by molar-refractivity contribution is 5.60. The van der Waals surface area contributed by atoms with Crippen molar-refractivity contribution in [2.75, 3.05) is 0 Å². The molecule has 0 aromatic carbocycles. The van der Waals surface area contributed by atoms with E-state index in [9.17, 15) is 9.59 Å². The zero-order valence-corrected chi connectivity index (χ0v) is 15.9. The predicted molar refractivity (Wildman–Crippen MR) is 97.5 cm³/mol. The maximum absolute atomic E-state index is 10.7. The topological polar surface area (TPSA) is 34.1 Å². The Morgan fingerprint density at radius 2 is 1.71 bits per heavy atom. The summed E-state index contributed by atoms with van der Waals surface area (Å²) < 4.78 is 0. The van der Waals surface area contributed by atoms with E-state index in [0.29, 0.717) is 22.7 Å². The van der Waals surface area contributed by atoms with Gasteiger partial charge in [-0.1, -0.05) is 39.8 Å². The monoisotopic (exact) mass is 330 g/mol. The van der Waals surface area contributed by atoms with E-state index in [1.165, 1.54) is 31.3 Å². The van der Waals surface area contributed by atoms with E-state index in [1.54, 1.807) is 0 Å². The Morgan fingerprint density at radius 3 is 2.17 bits per heavy atom. The molecule has 6 saturated carbocycles. The highest BCUT2D eigenvalue weighted by Gasteiger charge is 2.55. The van der Waals surface area contributed by atoms with Gasteiger partial charge < -0.3 is 9.59 Å². The van der Waals surface area contributed by atoms with Crippen molar-refractivity contribution in [1.29, 1.82) is 0 Å². The number of hydrogen-bond donors (Lipinski definition) is 0. The van der Waals surface area contributed by atoms with Crippen LogP contribution >= 0.6 is 0 Å². The highest BCUT2D eigenvalue weighted by Crippen LogP contribution is 2.62. The lowest BCUT2D eigenvalue weighted by Gasteiger charge is -2.60. The van der Waals surface area contributed by atoms with Gasteiger partial charge in [0.1, 0.15) is 12.6 Å². The second-order valence-electron chi connectivity index (χ2n) is 9.96. The molecule has 6 aliphatic rings. The average Bonchev–Trinajstić information content (AvgIpc) is 2.55. The minimum absolute atomic E-state index is 0.168. The molecule has 0 heterocycles. The van der Waals surface area contributed by atoms with E-state index in [-0.39, 0.29) is 5.92 Å². The first-order valence-corrected chi connectivity index (χ1v) is 9.81. The number of carbonyl (C=O) groups is 2. The Balaban J connectivity index is 0.000000141. The smallest absolute Gasteiger partial charge is 0.127 e. The molecule has 6 rings (SSSR count). The second-order valence-corrected chi connectivity index (χ2v) is 9.96. The molecule has 0 N–H and O–H groups in total. The summed E-state index contributed by atoms with van der Waals surface area (Å²) in [6.45, 7) is 13.4. The van der Waals surface area contributed by atoms with Crippen molar-refractivity contribution in [3.8, 4) is 0 Å². The number of rotatable bonds is 3. The summed E-state index contributed by atoms with van der Waals surface area (Å²) >= 11 is 0. The third-order valence-electron chi connectivity index (χ3n) is 8.50. The second kappa shape index (κ2) is 6.11. The number of fused-ring (bicyclic) bond motifs is 4. The van der Waals surface area contributed by atoms with E-state index in [2.05, 4.69) is 34.3 Å². The Kier molecular flexibility index (Phi) is 4.55. The van der Waals surface area contributed by atoms with Crippen LogP contribution < -0.4 is 0 Å². The molecular formula is C22H34O2. The average molecular weight is 331 g/mol. The van der Waals surface area contributed by atoms with Crippen molar-refractivity contribution in [2.45, 2.75) is 66.2 Å². The summed E-state index contributed by atoms with van der Waals surface area (Å²) in [6, 6.07) is 0. The molecule has 0 aliphatic heterocycles. The maximum Gasteiger partial charge on any atom is 0.127 e. The third-order valence-corrected chi connectivity index (χ3v) is 8.50. The van der Waals surface area contributed by atoms with Crippen LogP contribution in [0.5, 0.6) is 0 Å². The van der Waals surface area contributed by atoms with E-state index in [0.717, 1.165) is 43.2 Å². The molecule has 134 valence electrons. The molecule has 6 aliphatic carbocycles. The van der Waals surface area contributed by atoms with Crippen LogP contribution in [0.4, 0.5) is 0 Å². The summed E-state index contributed by atoms with van der Waals surface area (Å²) in [5.41, 5.74) is 2.17. The summed E-state index contributed by atoms with van der Waals surface area (Å²) in [4.78, 5) is 21.1. The first kappa shape index (κ1) is 17.9. The molecule has 2 unspecified atom stereocenters. The minimum atomic E-state index is 0.168. The first-order valence-electron chi connectivity index (χ1n) is 9.81. The van der Waals surface area contributed by atoms with E-state index < -0.39 is 0 Å². The molecule has 0 aromatic rings. The Bertz CT molecular complexity index is 528. The van der Waals surface area contributed by atoms with Crippen LogP contribution in [0.3, 0.4) is 0 Å². The van der Waals surface area contributed by atoms with Gasteiger partial charge >= 0.3 is 0 Å². The SMILES string of the molecule is C=C1C(C=O)C[C@@H]2C[C@H]1C2(C)C.CC1(C)[C@@H]2CCC(CC=O)[C@H]1C2. The zero-order valence-electron chi connectivity index (χ0n) is 15.9. The van der Waals surface area contributed by atoms with Gasteiger partial charge in [0.15, 0.2) is 0 Å². The fourth-order valence-electron chi connectivity index (χ4n) is 6.27. The highest BCUT2D eigenvalue weighted by atomic mass is 16.1. The summed E-state index contributed by atoms with van der Waals surface area (Å²) in [6.07, 6.45) is 9.38. The first-order chi connectivity index (χ1) is 11.2. The van der Waals surface area contributed by atoms with E-state index in [1.807, 2.05) is 0 Å². The molecule has 0 aromatic heterocycles.